The molecule has 0 aliphatic heterocycles. The molecule has 7 heteroatoms. The predicted octanol–water partition coefficient (Wildman–Crippen LogP) is 6.61. The Balaban J connectivity index is 1.45. The Morgan fingerprint density at radius 1 is 1.06 bits per heavy atom. The summed E-state index contributed by atoms with van der Waals surface area (Å²) < 4.78 is 14.0. The number of aromatic nitrogens is 4. The molecule has 1 aromatic carbocycles. The lowest BCUT2D eigenvalue weighted by atomic mass is 9.62. The van der Waals surface area contributed by atoms with Crippen molar-refractivity contribution >= 4 is 22.5 Å². The van der Waals surface area contributed by atoms with Crippen LogP contribution in [0.15, 0.2) is 48.8 Å². The maximum Gasteiger partial charge on any atom is 0.187 e. The van der Waals surface area contributed by atoms with E-state index < -0.39 is 5.82 Å². The third-order valence-corrected chi connectivity index (χ3v) is 7.71. The SMILES string of the molecule is [C-]#[N+]c1ccc(-c2cc(NC3C4CCC(CC4)C3C)nc(-c3c[nH]c4ncc(F)cc34)n2)cc1. The molecule has 3 aliphatic carbocycles. The largest absolute Gasteiger partial charge is 0.367 e. The van der Waals surface area contributed by atoms with Crippen molar-refractivity contribution in [3.05, 3.63) is 66.0 Å². The molecule has 3 saturated carbocycles. The standard InChI is InChI=1S/C27H25FN6/c1-15-16-3-5-18(6-4-16)25(15)33-24-12-23(17-7-9-20(29-2)10-8-17)32-27(34-24)22-14-31-26-21(22)11-19(28)13-30-26/h7-16,18,25H,3-6H2,1H3,(H,30,31)(H,32,33,34). The third kappa shape index (κ3) is 3.60. The van der Waals surface area contributed by atoms with Crippen molar-refractivity contribution in [3.63, 3.8) is 0 Å². The van der Waals surface area contributed by atoms with Gasteiger partial charge in [-0.3, -0.25) is 0 Å². The van der Waals surface area contributed by atoms with Crippen molar-refractivity contribution < 1.29 is 4.39 Å². The van der Waals surface area contributed by atoms with Crippen LogP contribution in [0.2, 0.25) is 0 Å². The van der Waals surface area contributed by atoms with Crippen LogP contribution in [0.5, 0.6) is 0 Å². The molecule has 0 amide bonds. The average Bonchev–Trinajstić information content (AvgIpc) is 3.29. The van der Waals surface area contributed by atoms with E-state index in [9.17, 15) is 4.39 Å². The van der Waals surface area contributed by atoms with E-state index in [1.165, 1.54) is 37.9 Å². The number of hydrogen-bond acceptors (Lipinski definition) is 4. The van der Waals surface area contributed by atoms with Gasteiger partial charge < -0.3 is 10.3 Å². The first-order chi connectivity index (χ1) is 16.6. The molecule has 2 bridgehead atoms. The van der Waals surface area contributed by atoms with Gasteiger partial charge in [-0.15, -0.1) is 0 Å². The Labute approximate surface area is 197 Å². The van der Waals surface area contributed by atoms with Crippen molar-refractivity contribution in [2.45, 2.75) is 38.6 Å². The molecule has 6 nitrogen and oxygen atoms in total. The van der Waals surface area contributed by atoms with E-state index in [4.69, 9.17) is 16.5 Å². The average molecular weight is 453 g/mol. The maximum absolute atomic E-state index is 14.0. The number of hydrogen-bond donors (Lipinski definition) is 2. The van der Waals surface area contributed by atoms with Gasteiger partial charge in [-0.1, -0.05) is 31.2 Å². The Morgan fingerprint density at radius 2 is 1.82 bits per heavy atom. The lowest BCUT2D eigenvalue weighted by Gasteiger charge is -2.47. The van der Waals surface area contributed by atoms with Crippen LogP contribution in [-0.4, -0.2) is 26.0 Å². The molecular formula is C27H25FN6. The molecule has 2 unspecified atom stereocenters. The number of halogens is 1. The van der Waals surface area contributed by atoms with Gasteiger partial charge in [0.15, 0.2) is 11.5 Å². The van der Waals surface area contributed by atoms with Crippen LogP contribution in [0.3, 0.4) is 0 Å². The van der Waals surface area contributed by atoms with Gasteiger partial charge in [-0.05, 0) is 55.1 Å². The zero-order valence-corrected chi connectivity index (χ0v) is 18.9. The van der Waals surface area contributed by atoms with Gasteiger partial charge in [-0.2, -0.15) is 0 Å². The van der Waals surface area contributed by atoms with Crippen molar-refractivity contribution in [2.24, 2.45) is 17.8 Å². The summed E-state index contributed by atoms with van der Waals surface area (Å²) in [5, 5.41) is 4.41. The number of H-pyrrole nitrogens is 1. The van der Waals surface area contributed by atoms with E-state index in [0.29, 0.717) is 46.0 Å². The molecule has 4 aromatic rings. The van der Waals surface area contributed by atoms with Gasteiger partial charge in [0.2, 0.25) is 0 Å². The number of benzene rings is 1. The summed E-state index contributed by atoms with van der Waals surface area (Å²) in [5.74, 6) is 2.92. The number of anilines is 1. The first kappa shape index (κ1) is 20.8. The topological polar surface area (TPSA) is 70.8 Å². The summed E-state index contributed by atoms with van der Waals surface area (Å²) in [6, 6.07) is 11.2. The van der Waals surface area contributed by atoms with E-state index in [-0.39, 0.29) is 0 Å². The smallest absolute Gasteiger partial charge is 0.187 e. The number of pyridine rings is 1. The monoisotopic (exact) mass is 452 g/mol. The van der Waals surface area contributed by atoms with Crippen LogP contribution >= 0.6 is 0 Å². The van der Waals surface area contributed by atoms with Crippen LogP contribution in [0.25, 0.3) is 38.5 Å². The molecule has 7 rings (SSSR count). The molecule has 0 spiro atoms. The molecule has 3 fully saturated rings. The van der Waals surface area contributed by atoms with Crippen LogP contribution < -0.4 is 5.32 Å². The lowest BCUT2D eigenvalue weighted by molar-refractivity contribution is 0.0928. The molecule has 3 aromatic heterocycles. The second-order valence-corrected chi connectivity index (χ2v) is 9.58. The number of nitrogens with one attached hydrogen (secondary N) is 2. The molecule has 170 valence electrons. The summed E-state index contributed by atoms with van der Waals surface area (Å²) in [4.78, 5) is 20.5. The van der Waals surface area contributed by atoms with Gasteiger partial charge in [0.25, 0.3) is 0 Å². The summed E-state index contributed by atoms with van der Waals surface area (Å²) in [7, 11) is 0. The Hall–Kier alpha value is -3.79. The number of rotatable bonds is 4. The van der Waals surface area contributed by atoms with E-state index >= 15 is 0 Å². The van der Waals surface area contributed by atoms with Gasteiger partial charge in [-0.25, -0.2) is 24.2 Å². The molecule has 3 aliphatic rings. The molecule has 3 heterocycles. The Bertz CT molecular complexity index is 1390. The summed E-state index contributed by atoms with van der Waals surface area (Å²) in [5.41, 5.74) is 3.56. The molecule has 2 atom stereocenters. The summed E-state index contributed by atoms with van der Waals surface area (Å²) >= 11 is 0. The zero-order chi connectivity index (χ0) is 23.2. The van der Waals surface area contributed by atoms with Crippen LogP contribution in [0, 0.1) is 30.1 Å². The van der Waals surface area contributed by atoms with E-state index in [0.717, 1.165) is 23.0 Å². The van der Waals surface area contributed by atoms with E-state index in [2.05, 4.69) is 27.1 Å². The number of fused-ring (bicyclic) bond motifs is 4. The van der Waals surface area contributed by atoms with Gasteiger partial charge >= 0.3 is 0 Å². The quantitative estimate of drug-likeness (QED) is 0.342. The highest BCUT2D eigenvalue weighted by Gasteiger charge is 2.41. The number of aromatic amines is 1. The first-order valence-corrected chi connectivity index (χ1v) is 11.9. The first-order valence-electron chi connectivity index (χ1n) is 11.9. The third-order valence-electron chi connectivity index (χ3n) is 7.71. The van der Waals surface area contributed by atoms with E-state index in [1.807, 2.05) is 18.2 Å². The van der Waals surface area contributed by atoms with Crippen molar-refractivity contribution in [1.82, 2.24) is 19.9 Å². The molecular weight excluding hydrogens is 427 g/mol. The Morgan fingerprint density at radius 3 is 2.56 bits per heavy atom. The number of nitrogens with zero attached hydrogens (tertiary/aromatic N) is 4. The molecule has 0 saturated heterocycles. The minimum atomic E-state index is -0.398. The zero-order valence-electron chi connectivity index (χ0n) is 18.9. The second kappa shape index (κ2) is 8.21. The minimum Gasteiger partial charge on any atom is -0.367 e. The minimum absolute atomic E-state index is 0.384. The highest BCUT2D eigenvalue weighted by atomic mass is 19.1. The van der Waals surface area contributed by atoms with Crippen LogP contribution in [0.4, 0.5) is 15.9 Å². The molecule has 0 radical (unpaired) electrons. The van der Waals surface area contributed by atoms with Crippen molar-refractivity contribution in [3.8, 4) is 22.6 Å². The normalized spacial score (nSPS) is 23.7. The highest BCUT2D eigenvalue weighted by Crippen LogP contribution is 2.46. The van der Waals surface area contributed by atoms with Crippen LogP contribution in [0.1, 0.15) is 32.6 Å². The highest BCUT2D eigenvalue weighted by molar-refractivity contribution is 5.92. The second-order valence-electron chi connectivity index (χ2n) is 9.58. The van der Waals surface area contributed by atoms with Gasteiger partial charge in [0.05, 0.1) is 18.5 Å². The van der Waals surface area contributed by atoms with Gasteiger partial charge in [0, 0.05) is 29.3 Å². The summed E-state index contributed by atoms with van der Waals surface area (Å²) in [6.07, 6.45) is 8.17. The maximum atomic E-state index is 14.0. The Kier molecular flexibility index (Phi) is 5.02. The fraction of sp³-hybridized carbons (Fsp3) is 0.333. The predicted molar refractivity (Wildman–Crippen MR) is 131 cm³/mol. The lowest BCUT2D eigenvalue weighted by Crippen LogP contribution is -2.47. The summed E-state index contributed by atoms with van der Waals surface area (Å²) in [6.45, 7) is 9.58. The van der Waals surface area contributed by atoms with Crippen molar-refractivity contribution in [1.29, 1.82) is 0 Å². The van der Waals surface area contributed by atoms with Crippen molar-refractivity contribution in [2.75, 3.05) is 5.32 Å². The van der Waals surface area contributed by atoms with Gasteiger partial charge in [0.1, 0.15) is 17.3 Å². The molecule has 34 heavy (non-hydrogen) atoms. The fourth-order valence-corrected chi connectivity index (χ4v) is 5.83. The van der Waals surface area contributed by atoms with Crippen LogP contribution in [-0.2, 0) is 0 Å². The fourth-order valence-electron chi connectivity index (χ4n) is 5.83. The molecule has 2 N–H and O–H groups in total. The van der Waals surface area contributed by atoms with E-state index in [1.54, 1.807) is 18.3 Å².